The van der Waals surface area contributed by atoms with E-state index in [1.54, 1.807) is 0 Å². The van der Waals surface area contributed by atoms with E-state index in [2.05, 4.69) is 6.92 Å². The van der Waals surface area contributed by atoms with Gasteiger partial charge in [-0.15, -0.1) is 0 Å². The Bertz CT molecular complexity index is 83.3. The van der Waals surface area contributed by atoms with E-state index < -0.39 is 0 Å². The second kappa shape index (κ2) is 4.69. The highest BCUT2D eigenvalue weighted by Gasteiger charge is 2.16. The molecule has 62 valence electrons. The molecule has 2 atom stereocenters. The summed E-state index contributed by atoms with van der Waals surface area (Å²) in [5.74, 6) is 0.376. The Hall–Kier alpha value is -0.0800. The third-order valence-electron chi connectivity index (χ3n) is 1.80. The molecule has 0 aliphatic heterocycles. The minimum atomic E-state index is -0.315. The SMILES string of the molecule is CCCC(O)C(N)C(C)C. The van der Waals surface area contributed by atoms with Crippen molar-refractivity contribution >= 4 is 0 Å². The molecule has 10 heavy (non-hydrogen) atoms. The molecular formula is C8H19NO. The van der Waals surface area contributed by atoms with Crippen molar-refractivity contribution in [3.63, 3.8) is 0 Å². The van der Waals surface area contributed by atoms with Gasteiger partial charge in [0.2, 0.25) is 0 Å². The largest absolute Gasteiger partial charge is 0.392 e. The monoisotopic (exact) mass is 145 g/mol. The summed E-state index contributed by atoms with van der Waals surface area (Å²) in [5.41, 5.74) is 5.70. The number of aliphatic hydroxyl groups is 1. The molecule has 2 nitrogen and oxygen atoms in total. The average molecular weight is 145 g/mol. The summed E-state index contributed by atoms with van der Waals surface area (Å²) in [4.78, 5) is 0. The molecule has 0 bridgehead atoms. The lowest BCUT2D eigenvalue weighted by atomic mass is 9.97. The Morgan fingerprint density at radius 1 is 1.40 bits per heavy atom. The zero-order valence-corrected chi connectivity index (χ0v) is 7.17. The van der Waals surface area contributed by atoms with Crippen LogP contribution in [-0.2, 0) is 0 Å². The fourth-order valence-corrected chi connectivity index (χ4v) is 0.933. The molecule has 0 amide bonds. The van der Waals surface area contributed by atoms with E-state index >= 15 is 0 Å². The second-order valence-corrected chi connectivity index (χ2v) is 3.18. The van der Waals surface area contributed by atoms with Crippen molar-refractivity contribution in [1.29, 1.82) is 0 Å². The van der Waals surface area contributed by atoms with Crippen molar-refractivity contribution in [3.8, 4) is 0 Å². The van der Waals surface area contributed by atoms with E-state index in [4.69, 9.17) is 5.73 Å². The predicted octanol–water partition coefficient (Wildman–Crippen LogP) is 1.13. The maximum Gasteiger partial charge on any atom is 0.0693 e. The standard InChI is InChI=1S/C8H19NO/c1-4-5-7(10)8(9)6(2)3/h6-8,10H,4-5,9H2,1-3H3. The molecule has 3 N–H and O–H groups in total. The van der Waals surface area contributed by atoms with Crippen molar-refractivity contribution in [2.75, 3.05) is 0 Å². The molecule has 2 heteroatoms. The summed E-state index contributed by atoms with van der Waals surface area (Å²) in [6.07, 6.45) is 1.51. The molecule has 0 saturated heterocycles. The molecule has 0 aromatic heterocycles. The fourth-order valence-electron chi connectivity index (χ4n) is 0.933. The number of rotatable bonds is 4. The van der Waals surface area contributed by atoms with Crippen LogP contribution in [0.3, 0.4) is 0 Å². The Morgan fingerprint density at radius 2 is 1.90 bits per heavy atom. The van der Waals surface area contributed by atoms with Gasteiger partial charge in [0, 0.05) is 6.04 Å². The Labute approximate surface area is 63.4 Å². The van der Waals surface area contributed by atoms with Crippen molar-refractivity contribution in [1.82, 2.24) is 0 Å². The van der Waals surface area contributed by atoms with E-state index in [1.165, 1.54) is 0 Å². The molecule has 0 aromatic rings. The molecule has 0 heterocycles. The van der Waals surface area contributed by atoms with Crippen LogP contribution in [0.4, 0.5) is 0 Å². The van der Waals surface area contributed by atoms with E-state index in [9.17, 15) is 5.11 Å². The molecule has 0 saturated carbocycles. The quantitative estimate of drug-likeness (QED) is 0.623. The first-order chi connectivity index (χ1) is 4.59. The number of aliphatic hydroxyl groups excluding tert-OH is 1. The van der Waals surface area contributed by atoms with Gasteiger partial charge in [0.15, 0.2) is 0 Å². The first kappa shape index (κ1) is 9.92. The summed E-state index contributed by atoms with van der Waals surface area (Å²) in [7, 11) is 0. The van der Waals surface area contributed by atoms with Crippen LogP contribution in [0.1, 0.15) is 33.6 Å². The van der Waals surface area contributed by atoms with E-state index in [0.29, 0.717) is 5.92 Å². The van der Waals surface area contributed by atoms with Gasteiger partial charge in [0.05, 0.1) is 6.10 Å². The molecule has 0 rings (SSSR count). The second-order valence-electron chi connectivity index (χ2n) is 3.18. The third kappa shape index (κ3) is 3.18. The molecule has 0 fully saturated rings. The molecule has 0 aliphatic rings. The van der Waals surface area contributed by atoms with E-state index in [0.717, 1.165) is 12.8 Å². The smallest absolute Gasteiger partial charge is 0.0693 e. The minimum absolute atomic E-state index is 0.0556. The van der Waals surface area contributed by atoms with Crippen molar-refractivity contribution in [2.24, 2.45) is 11.7 Å². The lowest BCUT2D eigenvalue weighted by Gasteiger charge is -2.21. The summed E-state index contributed by atoms with van der Waals surface area (Å²) >= 11 is 0. The van der Waals surface area contributed by atoms with Crippen LogP contribution in [0.25, 0.3) is 0 Å². The van der Waals surface area contributed by atoms with E-state index in [-0.39, 0.29) is 12.1 Å². The van der Waals surface area contributed by atoms with Crippen LogP contribution < -0.4 is 5.73 Å². The molecule has 0 aliphatic carbocycles. The third-order valence-corrected chi connectivity index (χ3v) is 1.80. The highest BCUT2D eigenvalue weighted by molar-refractivity contribution is 4.73. The topological polar surface area (TPSA) is 46.2 Å². The van der Waals surface area contributed by atoms with Crippen molar-refractivity contribution < 1.29 is 5.11 Å². The van der Waals surface area contributed by atoms with Gasteiger partial charge in [-0.05, 0) is 12.3 Å². The fraction of sp³-hybridized carbons (Fsp3) is 1.00. The van der Waals surface area contributed by atoms with Gasteiger partial charge in [0.1, 0.15) is 0 Å². The normalized spacial score (nSPS) is 17.4. The molecule has 0 radical (unpaired) electrons. The molecule has 2 unspecified atom stereocenters. The zero-order valence-electron chi connectivity index (χ0n) is 7.17. The Morgan fingerprint density at radius 3 is 2.20 bits per heavy atom. The summed E-state index contributed by atoms with van der Waals surface area (Å²) in [6.45, 7) is 6.11. The number of hydrogen-bond donors (Lipinski definition) is 2. The van der Waals surface area contributed by atoms with Gasteiger partial charge in [-0.1, -0.05) is 27.2 Å². The first-order valence-electron chi connectivity index (χ1n) is 4.03. The van der Waals surface area contributed by atoms with Crippen molar-refractivity contribution in [3.05, 3.63) is 0 Å². The predicted molar refractivity (Wildman–Crippen MR) is 43.7 cm³/mol. The highest BCUT2D eigenvalue weighted by atomic mass is 16.3. The minimum Gasteiger partial charge on any atom is -0.392 e. The number of hydrogen-bond acceptors (Lipinski definition) is 2. The Balaban J connectivity index is 3.58. The summed E-state index contributed by atoms with van der Waals surface area (Å²) in [6, 6.07) is -0.0556. The van der Waals surface area contributed by atoms with Crippen LogP contribution in [0.15, 0.2) is 0 Å². The van der Waals surface area contributed by atoms with Gasteiger partial charge < -0.3 is 10.8 Å². The van der Waals surface area contributed by atoms with Gasteiger partial charge in [0.25, 0.3) is 0 Å². The van der Waals surface area contributed by atoms with Crippen LogP contribution in [-0.4, -0.2) is 17.3 Å². The maximum absolute atomic E-state index is 9.36. The summed E-state index contributed by atoms with van der Waals surface area (Å²) < 4.78 is 0. The Kier molecular flexibility index (Phi) is 4.65. The lowest BCUT2D eigenvalue weighted by Crippen LogP contribution is -2.38. The van der Waals surface area contributed by atoms with Gasteiger partial charge in [-0.2, -0.15) is 0 Å². The first-order valence-corrected chi connectivity index (χ1v) is 4.03. The van der Waals surface area contributed by atoms with Crippen LogP contribution >= 0.6 is 0 Å². The average Bonchev–Trinajstić information content (AvgIpc) is 1.87. The van der Waals surface area contributed by atoms with Crippen LogP contribution in [0.2, 0.25) is 0 Å². The van der Waals surface area contributed by atoms with Crippen LogP contribution in [0, 0.1) is 5.92 Å². The molecule has 0 spiro atoms. The highest BCUT2D eigenvalue weighted by Crippen LogP contribution is 2.07. The number of nitrogens with two attached hydrogens (primary N) is 1. The maximum atomic E-state index is 9.36. The summed E-state index contributed by atoms with van der Waals surface area (Å²) in [5, 5.41) is 9.36. The van der Waals surface area contributed by atoms with Gasteiger partial charge in [-0.25, -0.2) is 0 Å². The van der Waals surface area contributed by atoms with Crippen LogP contribution in [0.5, 0.6) is 0 Å². The van der Waals surface area contributed by atoms with Gasteiger partial charge >= 0.3 is 0 Å². The van der Waals surface area contributed by atoms with E-state index in [1.807, 2.05) is 13.8 Å². The molecule has 0 aromatic carbocycles. The zero-order chi connectivity index (χ0) is 8.15. The molecular weight excluding hydrogens is 126 g/mol. The van der Waals surface area contributed by atoms with Crippen molar-refractivity contribution in [2.45, 2.75) is 45.8 Å². The lowest BCUT2D eigenvalue weighted by molar-refractivity contribution is 0.115. The van der Waals surface area contributed by atoms with Gasteiger partial charge in [-0.3, -0.25) is 0 Å².